The van der Waals surface area contributed by atoms with E-state index in [4.69, 9.17) is 11.6 Å². The molecule has 0 spiro atoms. The standard InChI is InChI=1S/C16H16BrClFN/c1-3-20-9-11-4-5-12(10(2)8-11)13-6-7-14(17)15(18)16(13)19/h4-8,20H,3,9H2,1-2H3. The highest BCUT2D eigenvalue weighted by atomic mass is 79.9. The molecule has 0 radical (unpaired) electrons. The number of hydrogen-bond acceptors (Lipinski definition) is 1. The van der Waals surface area contributed by atoms with E-state index in [1.54, 1.807) is 12.1 Å². The third-order valence-corrected chi connectivity index (χ3v) is 4.45. The van der Waals surface area contributed by atoms with Gasteiger partial charge in [-0.15, -0.1) is 0 Å². The average Bonchev–Trinajstić information content (AvgIpc) is 2.44. The topological polar surface area (TPSA) is 12.0 Å². The van der Waals surface area contributed by atoms with Crippen molar-refractivity contribution in [2.24, 2.45) is 0 Å². The van der Waals surface area contributed by atoms with E-state index in [-0.39, 0.29) is 10.8 Å². The van der Waals surface area contributed by atoms with E-state index in [0.717, 1.165) is 24.2 Å². The van der Waals surface area contributed by atoms with Crippen LogP contribution in [0.5, 0.6) is 0 Å². The van der Waals surface area contributed by atoms with Crippen LogP contribution < -0.4 is 5.32 Å². The van der Waals surface area contributed by atoms with Gasteiger partial charge in [0.1, 0.15) is 0 Å². The van der Waals surface area contributed by atoms with Crippen molar-refractivity contribution in [2.75, 3.05) is 6.54 Å². The van der Waals surface area contributed by atoms with Gasteiger partial charge in [0.25, 0.3) is 0 Å². The number of halogens is 3. The van der Waals surface area contributed by atoms with Crippen LogP contribution in [-0.2, 0) is 6.54 Å². The first-order valence-corrected chi connectivity index (χ1v) is 7.65. The second kappa shape index (κ2) is 6.70. The van der Waals surface area contributed by atoms with Crippen molar-refractivity contribution in [3.05, 3.63) is 56.8 Å². The minimum absolute atomic E-state index is 0.124. The predicted octanol–water partition coefficient (Wildman–Crippen LogP) is 5.33. The van der Waals surface area contributed by atoms with E-state index in [2.05, 4.69) is 34.2 Å². The summed E-state index contributed by atoms with van der Waals surface area (Å²) < 4.78 is 14.8. The van der Waals surface area contributed by atoms with Crippen LogP contribution in [0.25, 0.3) is 11.1 Å². The zero-order valence-electron chi connectivity index (χ0n) is 11.4. The molecule has 0 saturated carbocycles. The molecule has 0 saturated heterocycles. The molecule has 2 rings (SSSR count). The highest BCUT2D eigenvalue weighted by Gasteiger charge is 2.13. The monoisotopic (exact) mass is 355 g/mol. The summed E-state index contributed by atoms with van der Waals surface area (Å²) in [7, 11) is 0. The fraction of sp³-hybridized carbons (Fsp3) is 0.250. The lowest BCUT2D eigenvalue weighted by atomic mass is 9.98. The van der Waals surface area contributed by atoms with Crippen LogP contribution in [0.15, 0.2) is 34.8 Å². The maximum atomic E-state index is 14.3. The van der Waals surface area contributed by atoms with Gasteiger partial charge in [-0.1, -0.05) is 42.8 Å². The molecule has 0 heterocycles. The van der Waals surface area contributed by atoms with Gasteiger partial charge in [-0.2, -0.15) is 0 Å². The summed E-state index contributed by atoms with van der Waals surface area (Å²) in [5.41, 5.74) is 3.64. The molecule has 106 valence electrons. The second-order valence-electron chi connectivity index (χ2n) is 4.65. The molecular weight excluding hydrogens is 341 g/mol. The molecular formula is C16H16BrClFN. The van der Waals surface area contributed by atoms with Gasteiger partial charge in [0.05, 0.1) is 5.02 Å². The predicted molar refractivity (Wildman–Crippen MR) is 86.7 cm³/mol. The van der Waals surface area contributed by atoms with Crippen molar-refractivity contribution in [3.8, 4) is 11.1 Å². The summed E-state index contributed by atoms with van der Waals surface area (Å²) in [6, 6.07) is 9.56. The molecule has 2 aromatic rings. The van der Waals surface area contributed by atoms with Crippen LogP contribution >= 0.6 is 27.5 Å². The van der Waals surface area contributed by atoms with E-state index in [9.17, 15) is 4.39 Å². The van der Waals surface area contributed by atoms with Crippen molar-refractivity contribution in [2.45, 2.75) is 20.4 Å². The van der Waals surface area contributed by atoms with Crippen LogP contribution in [0.1, 0.15) is 18.1 Å². The second-order valence-corrected chi connectivity index (χ2v) is 5.88. The lowest BCUT2D eigenvalue weighted by Gasteiger charge is -2.11. The molecule has 0 fully saturated rings. The lowest BCUT2D eigenvalue weighted by molar-refractivity contribution is 0.631. The Labute approximate surface area is 132 Å². The quantitative estimate of drug-likeness (QED) is 0.730. The largest absolute Gasteiger partial charge is 0.313 e. The summed E-state index contributed by atoms with van der Waals surface area (Å²) >= 11 is 9.18. The van der Waals surface area contributed by atoms with Crippen molar-refractivity contribution < 1.29 is 4.39 Å². The zero-order valence-corrected chi connectivity index (χ0v) is 13.8. The van der Waals surface area contributed by atoms with Gasteiger partial charge in [-0.25, -0.2) is 4.39 Å². The zero-order chi connectivity index (χ0) is 14.7. The Hall–Kier alpha value is -0.900. The SMILES string of the molecule is CCNCc1ccc(-c2ccc(Br)c(Cl)c2F)c(C)c1. The van der Waals surface area contributed by atoms with Crippen LogP contribution in [-0.4, -0.2) is 6.54 Å². The van der Waals surface area contributed by atoms with E-state index in [1.165, 1.54) is 5.56 Å². The summed E-state index contributed by atoms with van der Waals surface area (Å²) in [4.78, 5) is 0. The maximum absolute atomic E-state index is 14.3. The number of rotatable bonds is 4. The Kier molecular flexibility index (Phi) is 5.19. The first kappa shape index (κ1) is 15.5. The molecule has 0 unspecified atom stereocenters. The van der Waals surface area contributed by atoms with Crippen LogP contribution in [0.4, 0.5) is 4.39 Å². The number of nitrogens with one attached hydrogen (secondary N) is 1. The van der Waals surface area contributed by atoms with E-state index in [0.29, 0.717) is 10.0 Å². The fourth-order valence-electron chi connectivity index (χ4n) is 2.14. The first-order chi connectivity index (χ1) is 9.54. The third-order valence-electron chi connectivity index (χ3n) is 3.20. The summed E-state index contributed by atoms with van der Waals surface area (Å²) in [5, 5.41) is 3.40. The third kappa shape index (κ3) is 3.22. The Bertz CT molecular complexity index is 628. The summed E-state index contributed by atoms with van der Waals surface area (Å²) in [6.45, 7) is 5.81. The van der Waals surface area contributed by atoms with Gasteiger partial charge in [-0.05, 0) is 52.2 Å². The maximum Gasteiger partial charge on any atom is 0.150 e. The normalized spacial score (nSPS) is 10.8. The molecule has 4 heteroatoms. The first-order valence-electron chi connectivity index (χ1n) is 6.48. The highest BCUT2D eigenvalue weighted by molar-refractivity contribution is 9.10. The Morgan fingerprint density at radius 2 is 1.90 bits per heavy atom. The van der Waals surface area contributed by atoms with Crippen LogP contribution in [0.2, 0.25) is 5.02 Å². The Morgan fingerprint density at radius 3 is 2.55 bits per heavy atom. The fourth-order valence-corrected chi connectivity index (χ4v) is 2.61. The van der Waals surface area contributed by atoms with E-state index >= 15 is 0 Å². The minimum atomic E-state index is -0.386. The Morgan fingerprint density at radius 1 is 1.20 bits per heavy atom. The van der Waals surface area contributed by atoms with Crippen molar-refractivity contribution in [1.29, 1.82) is 0 Å². The van der Waals surface area contributed by atoms with Gasteiger partial charge in [0, 0.05) is 16.6 Å². The number of benzene rings is 2. The molecule has 0 aliphatic heterocycles. The van der Waals surface area contributed by atoms with E-state index < -0.39 is 0 Å². The van der Waals surface area contributed by atoms with Crippen molar-refractivity contribution in [1.82, 2.24) is 5.32 Å². The van der Waals surface area contributed by atoms with Gasteiger partial charge in [-0.3, -0.25) is 0 Å². The van der Waals surface area contributed by atoms with Crippen LogP contribution in [0, 0.1) is 12.7 Å². The summed E-state index contributed by atoms with van der Waals surface area (Å²) in [6.07, 6.45) is 0. The molecule has 20 heavy (non-hydrogen) atoms. The Balaban J connectivity index is 2.41. The summed E-state index contributed by atoms with van der Waals surface area (Å²) in [5.74, 6) is -0.386. The lowest BCUT2D eigenvalue weighted by Crippen LogP contribution is -2.11. The molecule has 0 atom stereocenters. The van der Waals surface area contributed by atoms with Gasteiger partial charge in [0.15, 0.2) is 5.82 Å². The molecule has 0 bridgehead atoms. The molecule has 1 nitrogen and oxygen atoms in total. The van der Waals surface area contributed by atoms with E-state index in [1.807, 2.05) is 19.1 Å². The van der Waals surface area contributed by atoms with Crippen molar-refractivity contribution in [3.63, 3.8) is 0 Å². The molecule has 0 aliphatic carbocycles. The number of aryl methyl sites for hydroxylation is 1. The van der Waals surface area contributed by atoms with Crippen molar-refractivity contribution >= 4 is 27.5 Å². The minimum Gasteiger partial charge on any atom is -0.313 e. The van der Waals surface area contributed by atoms with Gasteiger partial charge in [0.2, 0.25) is 0 Å². The molecule has 0 aliphatic rings. The smallest absolute Gasteiger partial charge is 0.150 e. The highest BCUT2D eigenvalue weighted by Crippen LogP contribution is 2.34. The molecule has 0 aromatic heterocycles. The molecule has 1 N–H and O–H groups in total. The molecule has 2 aromatic carbocycles. The number of hydrogen-bond donors (Lipinski definition) is 1. The van der Waals surface area contributed by atoms with Gasteiger partial charge >= 0.3 is 0 Å². The molecule has 0 amide bonds. The average molecular weight is 357 g/mol. The van der Waals surface area contributed by atoms with Crippen LogP contribution in [0.3, 0.4) is 0 Å². The van der Waals surface area contributed by atoms with Gasteiger partial charge < -0.3 is 5.32 Å².